The molecule has 2 atom stereocenters. The average Bonchev–Trinajstić information content (AvgIpc) is 2.43. The van der Waals surface area contributed by atoms with E-state index in [9.17, 15) is 9.90 Å². The highest BCUT2D eigenvalue weighted by Gasteiger charge is 2.24. The van der Waals surface area contributed by atoms with Gasteiger partial charge in [-0.15, -0.1) is 0 Å². The molecule has 0 aromatic heterocycles. The van der Waals surface area contributed by atoms with Crippen LogP contribution >= 0.6 is 0 Å². The van der Waals surface area contributed by atoms with Crippen molar-refractivity contribution in [3.05, 3.63) is 0 Å². The molecule has 0 bridgehead atoms. The van der Waals surface area contributed by atoms with Crippen molar-refractivity contribution < 1.29 is 9.90 Å². The molecule has 0 spiro atoms. The third-order valence-corrected chi connectivity index (χ3v) is 4.53. The fourth-order valence-electron chi connectivity index (χ4n) is 3.12. The van der Waals surface area contributed by atoms with Crippen LogP contribution in [0.15, 0.2) is 0 Å². The van der Waals surface area contributed by atoms with Gasteiger partial charge in [0.1, 0.15) is 0 Å². The Labute approximate surface area is 126 Å². The number of carbonyl (C=O) groups is 1. The predicted molar refractivity (Wildman–Crippen MR) is 87.0 cm³/mol. The zero-order valence-corrected chi connectivity index (χ0v) is 14.2. The molecule has 0 aromatic carbocycles. The minimum Gasteiger partial charge on any atom is -0.481 e. The van der Waals surface area contributed by atoms with Crippen LogP contribution in [0.4, 0.5) is 0 Å². The predicted octanol–water partition coefficient (Wildman–Crippen LogP) is 5.90. The Kier molecular flexibility index (Phi) is 11.9. The van der Waals surface area contributed by atoms with E-state index in [4.69, 9.17) is 0 Å². The zero-order valence-electron chi connectivity index (χ0n) is 14.2. The van der Waals surface area contributed by atoms with E-state index in [2.05, 4.69) is 20.8 Å². The van der Waals surface area contributed by atoms with Gasteiger partial charge in [0.15, 0.2) is 0 Å². The Morgan fingerprint density at radius 1 is 0.850 bits per heavy atom. The standard InChI is InChI=1S/C18H36O2/c1-5-8-11-16(12-9-6-2)17(13-10-7-3)14-15(4)18(19)20/h15-17H,5-14H2,1-4H3,(H,19,20). The first-order chi connectivity index (χ1) is 9.56. The zero-order chi connectivity index (χ0) is 15.4. The molecule has 0 amide bonds. The van der Waals surface area contributed by atoms with Crippen molar-refractivity contribution >= 4 is 5.97 Å². The third-order valence-electron chi connectivity index (χ3n) is 4.53. The van der Waals surface area contributed by atoms with Gasteiger partial charge in [0, 0.05) is 0 Å². The number of aliphatic carboxylic acids is 1. The van der Waals surface area contributed by atoms with Gasteiger partial charge < -0.3 is 5.11 Å². The summed E-state index contributed by atoms with van der Waals surface area (Å²) in [5.41, 5.74) is 0. The summed E-state index contributed by atoms with van der Waals surface area (Å²) in [6, 6.07) is 0. The van der Waals surface area contributed by atoms with Gasteiger partial charge >= 0.3 is 5.97 Å². The lowest BCUT2D eigenvalue weighted by Crippen LogP contribution is -2.21. The summed E-state index contributed by atoms with van der Waals surface area (Å²) in [7, 11) is 0. The molecule has 0 heterocycles. The minimum atomic E-state index is -0.628. The average molecular weight is 284 g/mol. The largest absolute Gasteiger partial charge is 0.481 e. The molecular weight excluding hydrogens is 248 g/mol. The first-order valence-corrected chi connectivity index (χ1v) is 8.79. The number of rotatable bonds is 13. The summed E-state index contributed by atoms with van der Waals surface area (Å²) in [6.45, 7) is 8.60. The fourth-order valence-corrected chi connectivity index (χ4v) is 3.12. The fraction of sp³-hybridized carbons (Fsp3) is 0.944. The van der Waals surface area contributed by atoms with Crippen molar-refractivity contribution in [2.24, 2.45) is 17.8 Å². The second-order valence-electron chi connectivity index (χ2n) is 6.42. The van der Waals surface area contributed by atoms with E-state index in [0.29, 0.717) is 5.92 Å². The van der Waals surface area contributed by atoms with Crippen molar-refractivity contribution in [3.63, 3.8) is 0 Å². The van der Waals surface area contributed by atoms with Crippen LogP contribution in [0.2, 0.25) is 0 Å². The Bertz CT molecular complexity index is 230. The van der Waals surface area contributed by atoms with Crippen LogP contribution in [0.25, 0.3) is 0 Å². The van der Waals surface area contributed by atoms with Crippen molar-refractivity contribution in [2.75, 3.05) is 0 Å². The number of unbranched alkanes of at least 4 members (excludes halogenated alkanes) is 3. The number of hydrogen-bond acceptors (Lipinski definition) is 1. The Balaban J connectivity index is 4.63. The lowest BCUT2D eigenvalue weighted by Gasteiger charge is -2.29. The molecule has 0 saturated carbocycles. The SMILES string of the molecule is CCCCC(CCCC)C(CCCC)CC(C)C(=O)O. The van der Waals surface area contributed by atoms with Gasteiger partial charge in [0.05, 0.1) is 5.92 Å². The molecule has 120 valence electrons. The maximum Gasteiger partial charge on any atom is 0.306 e. The van der Waals surface area contributed by atoms with Gasteiger partial charge in [0.25, 0.3) is 0 Å². The quantitative estimate of drug-likeness (QED) is 0.457. The van der Waals surface area contributed by atoms with E-state index in [-0.39, 0.29) is 5.92 Å². The molecular formula is C18H36O2. The van der Waals surface area contributed by atoms with Gasteiger partial charge in [0.2, 0.25) is 0 Å². The van der Waals surface area contributed by atoms with Gasteiger partial charge in [-0.25, -0.2) is 0 Å². The number of carboxylic acids is 1. The molecule has 1 N–H and O–H groups in total. The van der Waals surface area contributed by atoms with Gasteiger partial charge in [-0.3, -0.25) is 4.79 Å². The maximum absolute atomic E-state index is 11.2. The number of hydrogen-bond donors (Lipinski definition) is 1. The van der Waals surface area contributed by atoms with Crippen molar-refractivity contribution in [2.45, 2.75) is 91.9 Å². The molecule has 0 saturated heterocycles. The highest BCUT2D eigenvalue weighted by atomic mass is 16.4. The number of carboxylic acid groups (broad SMARTS) is 1. The highest BCUT2D eigenvalue weighted by Crippen LogP contribution is 2.33. The van der Waals surface area contributed by atoms with Crippen LogP contribution < -0.4 is 0 Å². The van der Waals surface area contributed by atoms with Crippen molar-refractivity contribution in [1.29, 1.82) is 0 Å². The van der Waals surface area contributed by atoms with E-state index in [1.165, 1.54) is 57.8 Å². The van der Waals surface area contributed by atoms with Crippen molar-refractivity contribution in [3.8, 4) is 0 Å². The normalized spacial score (nSPS) is 14.4. The Morgan fingerprint density at radius 2 is 1.25 bits per heavy atom. The van der Waals surface area contributed by atoms with Crippen LogP contribution in [-0.4, -0.2) is 11.1 Å². The summed E-state index contributed by atoms with van der Waals surface area (Å²) in [5, 5.41) is 9.19. The van der Waals surface area contributed by atoms with E-state index in [0.717, 1.165) is 12.3 Å². The van der Waals surface area contributed by atoms with Crippen LogP contribution in [-0.2, 0) is 4.79 Å². The first-order valence-electron chi connectivity index (χ1n) is 8.79. The summed E-state index contributed by atoms with van der Waals surface area (Å²) >= 11 is 0. The molecule has 0 radical (unpaired) electrons. The molecule has 0 rings (SSSR count). The molecule has 0 aliphatic carbocycles. The lowest BCUT2D eigenvalue weighted by atomic mass is 9.77. The van der Waals surface area contributed by atoms with E-state index >= 15 is 0 Å². The second-order valence-corrected chi connectivity index (χ2v) is 6.42. The smallest absolute Gasteiger partial charge is 0.306 e. The molecule has 20 heavy (non-hydrogen) atoms. The topological polar surface area (TPSA) is 37.3 Å². The van der Waals surface area contributed by atoms with Crippen LogP contribution in [0.1, 0.15) is 91.9 Å². The molecule has 0 fully saturated rings. The molecule has 0 aliphatic rings. The molecule has 2 unspecified atom stereocenters. The molecule has 0 aliphatic heterocycles. The first kappa shape index (κ1) is 19.5. The molecule has 2 heteroatoms. The summed E-state index contributed by atoms with van der Waals surface area (Å²) in [5.74, 6) is 0.529. The minimum absolute atomic E-state index is 0.192. The second kappa shape index (κ2) is 12.2. The van der Waals surface area contributed by atoms with E-state index in [1.54, 1.807) is 0 Å². The van der Waals surface area contributed by atoms with Crippen LogP contribution in [0.5, 0.6) is 0 Å². The Morgan fingerprint density at radius 3 is 1.60 bits per heavy atom. The van der Waals surface area contributed by atoms with Crippen LogP contribution in [0.3, 0.4) is 0 Å². The van der Waals surface area contributed by atoms with Gasteiger partial charge in [-0.1, -0.05) is 85.5 Å². The molecule has 0 aromatic rings. The summed E-state index contributed by atoms with van der Waals surface area (Å²) in [4.78, 5) is 11.2. The highest BCUT2D eigenvalue weighted by molar-refractivity contribution is 5.69. The summed E-state index contributed by atoms with van der Waals surface area (Å²) < 4.78 is 0. The van der Waals surface area contributed by atoms with Crippen molar-refractivity contribution in [1.82, 2.24) is 0 Å². The Hall–Kier alpha value is -0.530. The van der Waals surface area contributed by atoms with Gasteiger partial charge in [-0.2, -0.15) is 0 Å². The van der Waals surface area contributed by atoms with Gasteiger partial charge in [-0.05, 0) is 18.3 Å². The monoisotopic (exact) mass is 284 g/mol. The molecule has 2 nitrogen and oxygen atoms in total. The summed E-state index contributed by atoms with van der Waals surface area (Å²) in [6.07, 6.45) is 12.2. The third kappa shape index (κ3) is 8.60. The lowest BCUT2D eigenvalue weighted by molar-refractivity contribution is -0.141. The van der Waals surface area contributed by atoms with E-state index < -0.39 is 5.97 Å². The maximum atomic E-state index is 11.2. The van der Waals surface area contributed by atoms with Crippen LogP contribution in [0, 0.1) is 17.8 Å². The van der Waals surface area contributed by atoms with E-state index in [1.807, 2.05) is 6.92 Å².